The molecule has 0 aliphatic heterocycles. The zero-order valence-corrected chi connectivity index (χ0v) is 12.8. The van der Waals surface area contributed by atoms with Gasteiger partial charge in [0.2, 0.25) is 0 Å². The maximum Gasteiger partial charge on any atom is 0.153 e. The summed E-state index contributed by atoms with van der Waals surface area (Å²) in [7, 11) is 0. The van der Waals surface area contributed by atoms with Crippen LogP contribution in [0.15, 0.2) is 12.1 Å². The monoisotopic (exact) mass is 292 g/mol. The number of nitrogens with one attached hydrogen (secondary N) is 1. The van der Waals surface area contributed by atoms with Crippen LogP contribution in [0.25, 0.3) is 11.0 Å². The van der Waals surface area contributed by atoms with E-state index in [2.05, 4.69) is 30.7 Å². The minimum atomic E-state index is -0.587. The van der Waals surface area contributed by atoms with E-state index >= 15 is 0 Å². The smallest absolute Gasteiger partial charge is 0.153 e. The Morgan fingerprint density at radius 2 is 1.76 bits per heavy atom. The number of aromatic nitrogens is 2. The van der Waals surface area contributed by atoms with E-state index in [9.17, 15) is 8.78 Å². The summed E-state index contributed by atoms with van der Waals surface area (Å²) in [5, 5.41) is 0. The molecule has 1 saturated carbocycles. The molecule has 1 aromatic carbocycles. The first-order valence-corrected chi connectivity index (χ1v) is 7.69. The van der Waals surface area contributed by atoms with Crippen molar-refractivity contribution in [3.05, 3.63) is 29.6 Å². The molecule has 2 nitrogen and oxygen atoms in total. The van der Waals surface area contributed by atoms with E-state index in [0.29, 0.717) is 16.8 Å². The molecule has 1 fully saturated rings. The van der Waals surface area contributed by atoms with Gasteiger partial charge < -0.3 is 4.98 Å². The van der Waals surface area contributed by atoms with Gasteiger partial charge in [0.1, 0.15) is 17.2 Å². The number of imidazole rings is 1. The summed E-state index contributed by atoms with van der Waals surface area (Å²) >= 11 is 0. The quantitative estimate of drug-likeness (QED) is 0.772. The molecule has 1 N–H and O–H groups in total. The number of H-pyrrole nitrogens is 1. The van der Waals surface area contributed by atoms with Crippen LogP contribution in [0.3, 0.4) is 0 Å². The number of aromatic amines is 1. The lowest BCUT2D eigenvalue weighted by atomic mass is 9.70. The molecule has 0 radical (unpaired) electrons. The van der Waals surface area contributed by atoms with Crippen molar-refractivity contribution in [2.75, 3.05) is 0 Å². The lowest BCUT2D eigenvalue weighted by Crippen LogP contribution is -2.25. The molecule has 0 unspecified atom stereocenters. The van der Waals surface area contributed by atoms with Crippen LogP contribution in [0, 0.1) is 23.0 Å². The van der Waals surface area contributed by atoms with Gasteiger partial charge >= 0.3 is 0 Å². The van der Waals surface area contributed by atoms with Crippen LogP contribution >= 0.6 is 0 Å². The van der Waals surface area contributed by atoms with Crippen LogP contribution in [-0.2, 0) is 0 Å². The van der Waals surface area contributed by atoms with Gasteiger partial charge in [0, 0.05) is 12.0 Å². The maximum absolute atomic E-state index is 13.7. The second-order valence-corrected chi connectivity index (χ2v) is 7.32. The molecule has 114 valence electrons. The third-order valence-electron chi connectivity index (χ3n) is 4.86. The number of halogens is 2. The average Bonchev–Trinajstić information content (AvgIpc) is 2.82. The van der Waals surface area contributed by atoms with Crippen LogP contribution in [0.2, 0.25) is 0 Å². The number of fused-ring (bicyclic) bond motifs is 1. The maximum atomic E-state index is 13.7. The normalized spacial score (nSPS) is 23.7. The second kappa shape index (κ2) is 5.08. The fraction of sp³-hybridized carbons (Fsp3) is 0.588. The SMILES string of the molecule is CC(C)(C)C1CCC(c2nc3c(F)cc(F)cc3[nH]2)CC1. The van der Waals surface area contributed by atoms with E-state index in [1.165, 1.54) is 18.9 Å². The second-order valence-electron chi connectivity index (χ2n) is 7.32. The number of hydrogen-bond acceptors (Lipinski definition) is 1. The van der Waals surface area contributed by atoms with E-state index in [4.69, 9.17) is 0 Å². The largest absolute Gasteiger partial charge is 0.342 e. The Bertz CT molecular complexity index is 647. The van der Waals surface area contributed by atoms with Crippen molar-refractivity contribution in [2.24, 2.45) is 11.3 Å². The Morgan fingerprint density at radius 1 is 1.10 bits per heavy atom. The molecule has 1 aliphatic carbocycles. The first-order valence-electron chi connectivity index (χ1n) is 7.69. The van der Waals surface area contributed by atoms with E-state index in [0.717, 1.165) is 30.7 Å². The molecule has 1 heterocycles. The minimum absolute atomic E-state index is 0.254. The van der Waals surface area contributed by atoms with Gasteiger partial charge in [0.15, 0.2) is 5.82 Å². The molecule has 0 amide bonds. The molecule has 0 saturated heterocycles. The summed E-state index contributed by atoms with van der Waals surface area (Å²) < 4.78 is 27.0. The summed E-state index contributed by atoms with van der Waals surface area (Å²) in [5.74, 6) is 0.718. The van der Waals surface area contributed by atoms with Crippen LogP contribution in [0.5, 0.6) is 0 Å². The van der Waals surface area contributed by atoms with Gasteiger partial charge in [-0.15, -0.1) is 0 Å². The molecule has 21 heavy (non-hydrogen) atoms. The Hall–Kier alpha value is -1.45. The van der Waals surface area contributed by atoms with Gasteiger partial charge in [0.25, 0.3) is 0 Å². The molecule has 1 aromatic heterocycles. The Kier molecular flexibility index (Phi) is 3.50. The first kappa shape index (κ1) is 14.5. The van der Waals surface area contributed by atoms with E-state index < -0.39 is 11.6 Å². The number of rotatable bonds is 1. The molecule has 0 atom stereocenters. The summed E-state index contributed by atoms with van der Waals surface area (Å²) in [6.45, 7) is 6.87. The highest BCUT2D eigenvalue weighted by atomic mass is 19.1. The van der Waals surface area contributed by atoms with Crippen LogP contribution in [-0.4, -0.2) is 9.97 Å². The Morgan fingerprint density at radius 3 is 2.38 bits per heavy atom. The Labute approximate surface area is 124 Å². The van der Waals surface area contributed by atoms with Crippen molar-refractivity contribution >= 4 is 11.0 Å². The van der Waals surface area contributed by atoms with Crippen molar-refractivity contribution in [3.8, 4) is 0 Å². The molecule has 0 bridgehead atoms. The van der Waals surface area contributed by atoms with Gasteiger partial charge in [0.05, 0.1) is 5.52 Å². The third-order valence-corrected chi connectivity index (χ3v) is 4.86. The van der Waals surface area contributed by atoms with E-state index in [-0.39, 0.29) is 5.52 Å². The van der Waals surface area contributed by atoms with Gasteiger partial charge in [-0.1, -0.05) is 20.8 Å². The lowest BCUT2D eigenvalue weighted by molar-refractivity contribution is 0.167. The molecule has 4 heteroatoms. The Balaban J connectivity index is 1.81. The number of hydrogen-bond donors (Lipinski definition) is 1. The van der Waals surface area contributed by atoms with Crippen LogP contribution in [0.4, 0.5) is 8.78 Å². The van der Waals surface area contributed by atoms with Gasteiger partial charge in [-0.3, -0.25) is 0 Å². The van der Waals surface area contributed by atoms with Gasteiger partial charge in [-0.05, 0) is 43.1 Å². The van der Waals surface area contributed by atoms with Crippen molar-refractivity contribution in [3.63, 3.8) is 0 Å². The predicted molar refractivity (Wildman–Crippen MR) is 80.2 cm³/mol. The highest BCUT2D eigenvalue weighted by Crippen LogP contribution is 2.42. The molecule has 3 rings (SSSR count). The standard InChI is InChI=1S/C17H22F2N2/c1-17(2,3)11-6-4-10(5-7-11)16-20-14-9-12(18)8-13(19)15(14)21-16/h8-11H,4-7H2,1-3H3,(H,20,21). The average molecular weight is 292 g/mol. The van der Waals surface area contributed by atoms with Crippen molar-refractivity contribution < 1.29 is 8.78 Å². The highest BCUT2D eigenvalue weighted by Gasteiger charge is 2.31. The summed E-state index contributed by atoms with van der Waals surface area (Å²) in [4.78, 5) is 7.48. The van der Waals surface area contributed by atoms with Crippen molar-refractivity contribution in [1.82, 2.24) is 9.97 Å². The molecule has 0 spiro atoms. The lowest BCUT2D eigenvalue weighted by Gasteiger charge is -2.36. The van der Waals surface area contributed by atoms with E-state index in [1.54, 1.807) is 0 Å². The number of nitrogens with zero attached hydrogens (tertiary/aromatic N) is 1. The molecule has 2 aromatic rings. The van der Waals surface area contributed by atoms with Crippen molar-refractivity contribution in [1.29, 1.82) is 0 Å². The molecule has 1 aliphatic rings. The highest BCUT2D eigenvalue weighted by molar-refractivity contribution is 5.75. The fourth-order valence-corrected chi connectivity index (χ4v) is 3.49. The predicted octanol–water partition coefficient (Wildman–Crippen LogP) is 5.16. The minimum Gasteiger partial charge on any atom is -0.342 e. The van der Waals surface area contributed by atoms with E-state index in [1.807, 2.05) is 0 Å². The van der Waals surface area contributed by atoms with Crippen LogP contribution in [0.1, 0.15) is 58.2 Å². The van der Waals surface area contributed by atoms with Crippen molar-refractivity contribution in [2.45, 2.75) is 52.4 Å². The molecular weight excluding hydrogens is 270 g/mol. The summed E-state index contributed by atoms with van der Waals surface area (Å²) in [5.41, 5.74) is 1.05. The third kappa shape index (κ3) is 2.81. The van der Waals surface area contributed by atoms with Gasteiger partial charge in [-0.25, -0.2) is 13.8 Å². The van der Waals surface area contributed by atoms with Crippen LogP contribution < -0.4 is 0 Å². The summed E-state index contributed by atoms with van der Waals surface area (Å²) in [6.07, 6.45) is 4.46. The van der Waals surface area contributed by atoms with Gasteiger partial charge in [-0.2, -0.15) is 0 Å². The topological polar surface area (TPSA) is 28.7 Å². The summed E-state index contributed by atoms with van der Waals surface area (Å²) in [6, 6.07) is 2.21. The first-order chi connectivity index (χ1) is 9.84. The zero-order chi connectivity index (χ0) is 15.2. The zero-order valence-electron chi connectivity index (χ0n) is 12.8. The molecular formula is C17H22F2N2. The fourth-order valence-electron chi connectivity index (χ4n) is 3.49. The number of benzene rings is 1.